The maximum atomic E-state index is 11.9. The van der Waals surface area contributed by atoms with E-state index in [9.17, 15) is 4.79 Å². The number of aryl methyl sites for hydroxylation is 1. The lowest BCUT2D eigenvalue weighted by Gasteiger charge is -2.23. The number of benzene rings is 1. The van der Waals surface area contributed by atoms with Crippen LogP contribution >= 0.6 is 11.6 Å². The minimum atomic E-state index is -0.553. The predicted octanol–water partition coefficient (Wildman–Crippen LogP) is 3.40. The highest BCUT2D eigenvalue weighted by Crippen LogP contribution is 2.20. The zero-order chi connectivity index (χ0) is 15.2. The summed E-state index contributed by atoms with van der Waals surface area (Å²) in [4.78, 5) is 11.9. The van der Waals surface area contributed by atoms with Crippen LogP contribution in [0.15, 0.2) is 24.3 Å². The normalized spacial score (nSPS) is 12.8. The lowest BCUT2D eigenvalue weighted by molar-refractivity contribution is -0.128. The first-order valence-corrected chi connectivity index (χ1v) is 7.53. The summed E-state index contributed by atoms with van der Waals surface area (Å²) in [6.07, 6.45) is 0.840. The second kappa shape index (κ2) is 7.53. The number of halogens is 1. The van der Waals surface area contributed by atoms with E-state index in [0.29, 0.717) is 12.4 Å². The van der Waals surface area contributed by atoms with E-state index in [1.165, 1.54) is 5.56 Å². The average molecular weight is 298 g/mol. The van der Waals surface area contributed by atoms with Gasteiger partial charge in [0, 0.05) is 5.88 Å². The van der Waals surface area contributed by atoms with E-state index in [1.54, 1.807) is 0 Å². The zero-order valence-corrected chi connectivity index (χ0v) is 13.5. The molecule has 0 aliphatic rings. The van der Waals surface area contributed by atoms with E-state index in [-0.39, 0.29) is 12.0 Å². The molecule has 0 saturated heterocycles. The number of rotatable bonds is 7. The second-order valence-corrected chi connectivity index (χ2v) is 5.88. The molecule has 1 N–H and O–H groups in total. The van der Waals surface area contributed by atoms with Crippen molar-refractivity contribution in [3.8, 4) is 5.75 Å². The molecule has 0 aliphatic heterocycles. The monoisotopic (exact) mass is 297 g/mol. The van der Waals surface area contributed by atoms with Gasteiger partial charge in [-0.25, -0.2) is 0 Å². The molecule has 0 spiro atoms. The van der Waals surface area contributed by atoms with Crippen molar-refractivity contribution in [1.82, 2.24) is 5.32 Å². The molecule has 0 saturated carbocycles. The lowest BCUT2D eigenvalue weighted by atomic mass is 9.95. The van der Waals surface area contributed by atoms with E-state index < -0.39 is 5.41 Å². The Kier molecular flexibility index (Phi) is 6.34. The fraction of sp³-hybridized carbons (Fsp3) is 0.562. The Morgan fingerprint density at radius 2 is 2.05 bits per heavy atom. The maximum Gasteiger partial charge on any atom is 0.226 e. The summed E-state index contributed by atoms with van der Waals surface area (Å²) in [5, 5.41) is 2.88. The fourth-order valence-corrected chi connectivity index (χ4v) is 1.83. The zero-order valence-electron chi connectivity index (χ0n) is 12.7. The van der Waals surface area contributed by atoms with Gasteiger partial charge in [-0.3, -0.25) is 4.79 Å². The standard InChI is InChI=1S/C16H24ClNO2/c1-5-13-8-6-7-9-14(13)20-12(2)10-18-15(19)16(3,4)11-17/h6-9,12H,5,10-11H2,1-4H3,(H,18,19). The van der Waals surface area contributed by atoms with Crippen LogP contribution in [0, 0.1) is 5.41 Å². The number of hydrogen-bond acceptors (Lipinski definition) is 2. The van der Waals surface area contributed by atoms with Crippen LogP contribution in [0.3, 0.4) is 0 Å². The van der Waals surface area contributed by atoms with Crippen molar-refractivity contribution < 1.29 is 9.53 Å². The van der Waals surface area contributed by atoms with Gasteiger partial charge in [0.05, 0.1) is 12.0 Å². The quantitative estimate of drug-likeness (QED) is 0.783. The van der Waals surface area contributed by atoms with E-state index >= 15 is 0 Å². The minimum absolute atomic E-state index is 0.0493. The molecule has 1 rings (SSSR count). The molecule has 1 aromatic rings. The summed E-state index contributed by atoms with van der Waals surface area (Å²) in [6.45, 7) is 8.16. The van der Waals surface area contributed by atoms with Crippen molar-refractivity contribution in [3.05, 3.63) is 29.8 Å². The van der Waals surface area contributed by atoms with Gasteiger partial charge < -0.3 is 10.1 Å². The summed E-state index contributed by atoms with van der Waals surface area (Å²) in [5.74, 6) is 1.13. The van der Waals surface area contributed by atoms with Gasteiger partial charge in [0.15, 0.2) is 0 Å². The molecule has 0 aliphatic carbocycles. The SMILES string of the molecule is CCc1ccccc1OC(C)CNC(=O)C(C)(C)CCl. The molecule has 0 fully saturated rings. The van der Waals surface area contributed by atoms with Crippen LogP contribution in [0.1, 0.15) is 33.3 Å². The highest BCUT2D eigenvalue weighted by Gasteiger charge is 2.26. The van der Waals surface area contributed by atoms with Crippen LogP contribution in [0.2, 0.25) is 0 Å². The molecule has 112 valence electrons. The third-order valence-electron chi connectivity index (χ3n) is 3.18. The van der Waals surface area contributed by atoms with E-state index in [4.69, 9.17) is 16.3 Å². The van der Waals surface area contributed by atoms with E-state index in [2.05, 4.69) is 18.3 Å². The lowest BCUT2D eigenvalue weighted by Crippen LogP contribution is -2.42. The van der Waals surface area contributed by atoms with Crippen LogP contribution in [-0.4, -0.2) is 24.4 Å². The number of para-hydroxylation sites is 1. The van der Waals surface area contributed by atoms with Crippen LogP contribution in [0.5, 0.6) is 5.75 Å². The van der Waals surface area contributed by atoms with Gasteiger partial charge >= 0.3 is 0 Å². The Hall–Kier alpha value is -1.22. The second-order valence-electron chi connectivity index (χ2n) is 5.62. The molecule has 0 heterocycles. The van der Waals surface area contributed by atoms with E-state index in [1.807, 2.05) is 39.0 Å². The summed E-state index contributed by atoms with van der Waals surface area (Å²) in [5.41, 5.74) is 0.620. The van der Waals surface area contributed by atoms with Crippen molar-refractivity contribution in [3.63, 3.8) is 0 Å². The average Bonchev–Trinajstić information content (AvgIpc) is 2.45. The highest BCUT2D eigenvalue weighted by atomic mass is 35.5. The highest BCUT2D eigenvalue weighted by molar-refractivity contribution is 6.19. The Balaban J connectivity index is 2.52. The summed E-state index contributed by atoms with van der Waals surface area (Å²) >= 11 is 5.78. The third-order valence-corrected chi connectivity index (χ3v) is 3.85. The summed E-state index contributed by atoms with van der Waals surface area (Å²) in [7, 11) is 0. The van der Waals surface area contributed by atoms with Crippen LogP contribution in [-0.2, 0) is 11.2 Å². The number of nitrogens with one attached hydrogen (secondary N) is 1. The first-order chi connectivity index (χ1) is 9.40. The Morgan fingerprint density at radius 3 is 2.65 bits per heavy atom. The van der Waals surface area contributed by atoms with Gasteiger partial charge in [-0.05, 0) is 38.8 Å². The Morgan fingerprint density at radius 1 is 1.40 bits per heavy atom. The first-order valence-electron chi connectivity index (χ1n) is 6.99. The molecule has 1 atom stereocenters. The van der Waals surface area contributed by atoms with Gasteiger partial charge in [0.2, 0.25) is 5.91 Å². The Labute approximate surface area is 126 Å². The molecular weight excluding hydrogens is 274 g/mol. The number of carbonyl (C=O) groups is 1. The van der Waals surface area contributed by atoms with Crippen molar-refractivity contribution in [2.75, 3.05) is 12.4 Å². The molecule has 1 unspecified atom stereocenters. The third kappa shape index (κ3) is 4.71. The van der Waals surface area contributed by atoms with Gasteiger partial charge in [0.25, 0.3) is 0 Å². The summed E-state index contributed by atoms with van der Waals surface area (Å²) in [6, 6.07) is 7.97. The number of hydrogen-bond donors (Lipinski definition) is 1. The van der Waals surface area contributed by atoms with Gasteiger partial charge in [0.1, 0.15) is 11.9 Å². The molecule has 20 heavy (non-hydrogen) atoms. The number of alkyl halides is 1. The molecule has 0 bridgehead atoms. The van der Waals surface area contributed by atoms with Crippen molar-refractivity contribution in [1.29, 1.82) is 0 Å². The maximum absolute atomic E-state index is 11.9. The Bertz CT molecular complexity index is 446. The molecule has 0 aromatic heterocycles. The van der Waals surface area contributed by atoms with Gasteiger partial charge in [-0.1, -0.05) is 25.1 Å². The topological polar surface area (TPSA) is 38.3 Å². The van der Waals surface area contributed by atoms with Gasteiger partial charge in [-0.2, -0.15) is 0 Å². The largest absolute Gasteiger partial charge is 0.489 e. The predicted molar refractivity (Wildman–Crippen MR) is 83.4 cm³/mol. The molecule has 1 amide bonds. The van der Waals surface area contributed by atoms with Crippen molar-refractivity contribution in [2.24, 2.45) is 5.41 Å². The minimum Gasteiger partial charge on any atom is -0.489 e. The van der Waals surface area contributed by atoms with Crippen LogP contribution in [0.4, 0.5) is 0 Å². The van der Waals surface area contributed by atoms with Gasteiger partial charge in [-0.15, -0.1) is 11.6 Å². The first kappa shape index (κ1) is 16.8. The fourth-order valence-electron chi connectivity index (χ4n) is 1.71. The smallest absolute Gasteiger partial charge is 0.226 e. The van der Waals surface area contributed by atoms with Crippen LogP contribution in [0.25, 0.3) is 0 Å². The molecule has 4 heteroatoms. The van der Waals surface area contributed by atoms with E-state index in [0.717, 1.165) is 12.2 Å². The number of ether oxygens (including phenoxy) is 1. The molecule has 0 radical (unpaired) electrons. The summed E-state index contributed by atoms with van der Waals surface area (Å²) < 4.78 is 5.89. The van der Waals surface area contributed by atoms with Crippen molar-refractivity contribution >= 4 is 17.5 Å². The number of carbonyl (C=O) groups excluding carboxylic acids is 1. The number of amides is 1. The van der Waals surface area contributed by atoms with Crippen molar-refractivity contribution in [2.45, 2.75) is 40.2 Å². The molecule has 3 nitrogen and oxygen atoms in total. The molecule has 1 aromatic carbocycles. The van der Waals surface area contributed by atoms with Crippen LogP contribution < -0.4 is 10.1 Å². The molecular formula is C16H24ClNO2.